The van der Waals surface area contributed by atoms with Crippen LogP contribution in [0.25, 0.3) is 0 Å². The zero-order valence-corrected chi connectivity index (χ0v) is 28.1. The quantitative estimate of drug-likeness (QED) is 0.0495. The minimum atomic E-state index is -3.69. The summed E-state index contributed by atoms with van der Waals surface area (Å²) < 4.78 is 39.7. The third-order valence-corrected chi connectivity index (χ3v) is 5.95. The Hall–Kier alpha value is -0.210. The van der Waals surface area contributed by atoms with Gasteiger partial charge < -0.3 is 44.3 Å². The van der Waals surface area contributed by atoms with E-state index in [1.165, 1.54) is 0 Å². The van der Waals surface area contributed by atoms with Crippen LogP contribution in [-0.2, 0) is 32.6 Å². The molecule has 5 N–H and O–H groups in total. The first-order valence-corrected chi connectivity index (χ1v) is 16.6. The van der Waals surface area contributed by atoms with Crippen LogP contribution in [0.5, 0.6) is 0 Å². The highest BCUT2D eigenvalue weighted by Crippen LogP contribution is 2.42. The molecule has 0 aromatic carbocycles. The fraction of sp³-hybridized carbons (Fsp3) is 1.00. The van der Waals surface area contributed by atoms with Crippen molar-refractivity contribution in [3.05, 3.63) is 0 Å². The highest BCUT2D eigenvalue weighted by molar-refractivity contribution is 7.47. The van der Waals surface area contributed by atoms with Crippen molar-refractivity contribution < 1.29 is 57.9 Å². The van der Waals surface area contributed by atoms with E-state index in [1.54, 1.807) is 13.8 Å². The first kappa shape index (κ1) is 82.3. The molecular formula is C36H97O12P. The Labute approximate surface area is 309 Å². The fourth-order valence-corrected chi connectivity index (χ4v) is 2.85. The van der Waals surface area contributed by atoms with Crippen molar-refractivity contribution in [2.75, 3.05) is 66.1 Å². The third-order valence-electron chi connectivity index (χ3n) is 4.78. The SMILES string of the molecule is C.C.C.C.C.C.C.C.CCC(O)COCC(O)CC.CCC(O)COCCOCC(O)CC.CCCOCCC.CCOP(=O)(O)OCC. The highest BCUT2D eigenvalue weighted by atomic mass is 31.2. The second-order valence-electron chi connectivity index (χ2n) is 8.85. The van der Waals surface area contributed by atoms with Gasteiger partial charge in [0, 0.05) is 13.2 Å². The largest absolute Gasteiger partial charge is 0.472 e. The van der Waals surface area contributed by atoms with Crippen LogP contribution in [0.15, 0.2) is 0 Å². The van der Waals surface area contributed by atoms with Crippen molar-refractivity contribution in [2.45, 2.75) is 178 Å². The predicted molar refractivity (Wildman–Crippen MR) is 216 cm³/mol. The molecule has 0 saturated carbocycles. The molecule has 4 atom stereocenters. The van der Waals surface area contributed by atoms with Crippen LogP contribution in [0.2, 0.25) is 0 Å². The van der Waals surface area contributed by atoms with Gasteiger partial charge in [-0.05, 0) is 52.4 Å². The van der Waals surface area contributed by atoms with Gasteiger partial charge in [0.05, 0.1) is 77.3 Å². The van der Waals surface area contributed by atoms with E-state index in [1.807, 2.05) is 27.7 Å². The third kappa shape index (κ3) is 82.8. The molecule has 0 saturated heterocycles. The molecule has 12 nitrogen and oxygen atoms in total. The molecule has 0 rings (SSSR count). The molecule has 0 radical (unpaired) electrons. The van der Waals surface area contributed by atoms with Crippen molar-refractivity contribution in [3.8, 4) is 0 Å². The van der Waals surface area contributed by atoms with Gasteiger partial charge in [-0.1, -0.05) is 101 Å². The molecule has 49 heavy (non-hydrogen) atoms. The zero-order valence-electron chi connectivity index (χ0n) is 27.2. The number of phosphoric ester groups is 1. The molecule has 0 aromatic rings. The van der Waals surface area contributed by atoms with E-state index in [0.29, 0.717) is 65.3 Å². The fourth-order valence-electron chi connectivity index (χ4n) is 2.12. The van der Waals surface area contributed by atoms with Crippen molar-refractivity contribution in [3.63, 3.8) is 0 Å². The molecule has 318 valence electrons. The van der Waals surface area contributed by atoms with Gasteiger partial charge in [-0.15, -0.1) is 0 Å². The van der Waals surface area contributed by atoms with Gasteiger partial charge in [0.2, 0.25) is 0 Å². The monoisotopic (exact) mass is 753 g/mol. The first-order valence-electron chi connectivity index (χ1n) is 15.1. The van der Waals surface area contributed by atoms with Gasteiger partial charge in [0.15, 0.2) is 0 Å². The minimum Gasteiger partial charge on any atom is -0.391 e. The molecule has 13 heteroatoms. The average molecular weight is 753 g/mol. The van der Waals surface area contributed by atoms with E-state index in [0.717, 1.165) is 26.1 Å². The molecule has 0 fully saturated rings. The van der Waals surface area contributed by atoms with Gasteiger partial charge in [-0.3, -0.25) is 9.05 Å². The lowest BCUT2D eigenvalue weighted by Crippen LogP contribution is -2.20. The van der Waals surface area contributed by atoms with Gasteiger partial charge in [0.25, 0.3) is 0 Å². The van der Waals surface area contributed by atoms with Crippen molar-refractivity contribution in [1.82, 2.24) is 0 Å². The van der Waals surface area contributed by atoms with E-state index < -0.39 is 7.82 Å². The van der Waals surface area contributed by atoms with E-state index in [9.17, 15) is 4.57 Å². The molecule has 4 unspecified atom stereocenters. The van der Waals surface area contributed by atoms with Gasteiger partial charge >= 0.3 is 7.82 Å². The van der Waals surface area contributed by atoms with E-state index >= 15 is 0 Å². The Morgan fingerprint density at radius 2 is 0.673 bits per heavy atom. The van der Waals surface area contributed by atoms with Gasteiger partial charge in [-0.2, -0.15) is 0 Å². The van der Waals surface area contributed by atoms with E-state index in [2.05, 4.69) is 22.9 Å². The molecule has 0 amide bonds. The lowest BCUT2D eigenvalue weighted by atomic mass is 10.3. The van der Waals surface area contributed by atoms with Crippen LogP contribution in [0.4, 0.5) is 0 Å². The summed E-state index contributed by atoms with van der Waals surface area (Å²) >= 11 is 0. The molecular weight excluding hydrogens is 655 g/mol. The van der Waals surface area contributed by atoms with E-state index in [4.69, 9.17) is 44.3 Å². The summed E-state index contributed by atoms with van der Waals surface area (Å²) in [5.74, 6) is 0. The maximum atomic E-state index is 10.5. The van der Waals surface area contributed by atoms with Crippen LogP contribution >= 0.6 is 7.82 Å². The van der Waals surface area contributed by atoms with Crippen LogP contribution in [0.1, 0.15) is 153 Å². The Bertz CT molecular complexity index is 482. The summed E-state index contributed by atoms with van der Waals surface area (Å²) in [5.41, 5.74) is 0. The molecule has 0 aliphatic heterocycles. The van der Waals surface area contributed by atoms with E-state index in [-0.39, 0.29) is 97.0 Å². The summed E-state index contributed by atoms with van der Waals surface area (Å²) in [6, 6.07) is 0. The van der Waals surface area contributed by atoms with Crippen molar-refractivity contribution >= 4 is 7.82 Å². The number of aliphatic hydroxyl groups is 4. The van der Waals surface area contributed by atoms with Crippen LogP contribution < -0.4 is 0 Å². The molecule has 0 aliphatic rings. The van der Waals surface area contributed by atoms with Crippen LogP contribution in [-0.4, -0.2) is 116 Å². The van der Waals surface area contributed by atoms with Crippen molar-refractivity contribution in [2.24, 2.45) is 0 Å². The Morgan fingerprint density at radius 3 is 0.878 bits per heavy atom. The zero-order chi connectivity index (χ0) is 32.4. The molecule has 0 aliphatic carbocycles. The number of hydrogen-bond donors (Lipinski definition) is 5. The summed E-state index contributed by atoms with van der Waals surface area (Å²) in [5, 5.41) is 36.3. The maximum Gasteiger partial charge on any atom is 0.472 e. The summed E-state index contributed by atoms with van der Waals surface area (Å²) in [4.78, 5) is 8.63. The average Bonchev–Trinajstić information content (AvgIpc) is 2.95. The normalized spacial score (nSPS) is 11.6. The Balaban J connectivity index is -0.0000000362. The lowest BCUT2D eigenvalue weighted by molar-refractivity contribution is -0.0177. The maximum absolute atomic E-state index is 10.5. The number of phosphoric acid groups is 1. The van der Waals surface area contributed by atoms with Crippen LogP contribution in [0.3, 0.4) is 0 Å². The summed E-state index contributed by atoms with van der Waals surface area (Å²) in [7, 11) is -3.69. The first-order chi connectivity index (χ1) is 19.4. The van der Waals surface area contributed by atoms with Gasteiger partial charge in [0.1, 0.15) is 0 Å². The smallest absolute Gasteiger partial charge is 0.391 e. The predicted octanol–water partition coefficient (Wildman–Crippen LogP) is 9.18. The van der Waals surface area contributed by atoms with Crippen molar-refractivity contribution in [1.29, 1.82) is 0 Å². The number of hydrogen-bond acceptors (Lipinski definition) is 11. The van der Waals surface area contributed by atoms with Crippen LogP contribution in [0, 0.1) is 0 Å². The molecule has 0 bridgehead atoms. The second-order valence-corrected chi connectivity index (χ2v) is 10.3. The summed E-state index contributed by atoms with van der Waals surface area (Å²) in [6.07, 6.45) is 3.54. The Morgan fingerprint density at radius 1 is 0.429 bits per heavy atom. The summed E-state index contributed by atoms with van der Waals surface area (Å²) in [6.45, 7) is 19.6. The second kappa shape index (κ2) is 66.1. The number of rotatable bonds is 23. The number of ether oxygens (including phenoxy) is 4. The standard InChI is InChI=1S/C10H22O4.C8H18O3.C6H14O.C4H11O4P.8CH4/c1-3-9(11)7-13-5-6-14-8-10(12)4-2;1-3-7(9)5-11-6-8(10)4-2;1-3-5-7-6-4-2;1-3-7-9(5,6)8-4-2;;;;;;;;/h9-12H,3-8H2,1-2H3;7-10H,3-6H2,1-2H3;3-6H2,1-2H3;3-4H2,1-2H3,(H,5,6);8*1H4. The molecule has 0 spiro atoms. The topological polar surface area (TPSA) is 174 Å². The highest BCUT2D eigenvalue weighted by Gasteiger charge is 2.17. The minimum absolute atomic E-state index is 0. The van der Waals surface area contributed by atoms with Gasteiger partial charge in [-0.25, -0.2) is 4.57 Å². The molecule has 0 heterocycles. The lowest BCUT2D eigenvalue weighted by Gasteiger charge is -2.11. The number of aliphatic hydroxyl groups excluding tert-OH is 4. The molecule has 0 aromatic heterocycles. The Kier molecular flexibility index (Phi) is 111.